The lowest BCUT2D eigenvalue weighted by Gasteiger charge is -2.13. The van der Waals surface area contributed by atoms with Gasteiger partial charge in [0.25, 0.3) is 6.43 Å². The lowest BCUT2D eigenvalue weighted by Crippen LogP contribution is -2.08. The zero-order valence-corrected chi connectivity index (χ0v) is 9.48. The predicted octanol–water partition coefficient (Wildman–Crippen LogP) is 3.36. The molecule has 0 aliphatic heterocycles. The highest BCUT2D eigenvalue weighted by atomic mass is 79.9. The molecule has 0 spiro atoms. The number of aliphatic hydroxyl groups excluding tert-OH is 1. The van der Waals surface area contributed by atoms with Crippen LogP contribution in [0.15, 0.2) is 16.6 Å². The summed E-state index contributed by atoms with van der Waals surface area (Å²) < 4.78 is 25.3. The van der Waals surface area contributed by atoms with E-state index in [1.807, 2.05) is 0 Å². The van der Waals surface area contributed by atoms with Crippen LogP contribution in [-0.4, -0.2) is 11.5 Å². The third-order valence-electron chi connectivity index (χ3n) is 2.04. The molecule has 0 bridgehead atoms. The summed E-state index contributed by atoms with van der Waals surface area (Å²) in [5.74, 6) is 0. The highest BCUT2D eigenvalue weighted by Crippen LogP contribution is 2.27. The molecule has 1 unspecified atom stereocenters. The maximum absolute atomic E-state index is 12.2. The third kappa shape index (κ3) is 2.30. The fraction of sp³-hybridized carbons (Fsp3) is 0.400. The molecular weight excluding hydrogens is 254 g/mol. The average Bonchev–Trinajstić information content (AvgIpc) is 2.12. The lowest BCUT2D eigenvalue weighted by atomic mass is 10.0. The monoisotopic (exact) mass is 264 g/mol. The van der Waals surface area contributed by atoms with E-state index in [0.29, 0.717) is 0 Å². The second-order valence-corrected chi connectivity index (χ2v) is 4.04. The molecule has 1 atom stereocenters. The van der Waals surface area contributed by atoms with Crippen molar-refractivity contribution < 1.29 is 13.9 Å². The first kappa shape index (κ1) is 11.6. The zero-order valence-electron chi connectivity index (χ0n) is 7.89. The molecular formula is C10H11BrF2O. The smallest absolute Gasteiger partial charge is 0.268 e. The van der Waals surface area contributed by atoms with E-state index in [1.165, 1.54) is 0 Å². The summed E-state index contributed by atoms with van der Waals surface area (Å²) in [6.07, 6.45) is -4.43. The van der Waals surface area contributed by atoms with Gasteiger partial charge in [-0.1, -0.05) is 28.1 Å². The number of aryl methyl sites for hydroxylation is 2. The largest absolute Gasteiger partial charge is 0.382 e. The summed E-state index contributed by atoms with van der Waals surface area (Å²) in [4.78, 5) is 0. The summed E-state index contributed by atoms with van der Waals surface area (Å²) in [5.41, 5.74) is 1.96. The molecule has 0 aromatic heterocycles. The van der Waals surface area contributed by atoms with Gasteiger partial charge in [0.1, 0.15) is 6.10 Å². The van der Waals surface area contributed by atoms with Gasteiger partial charge < -0.3 is 5.11 Å². The number of hydrogen-bond donors (Lipinski definition) is 1. The lowest BCUT2D eigenvalue weighted by molar-refractivity contribution is -0.00583. The fourth-order valence-corrected chi connectivity index (χ4v) is 1.52. The van der Waals surface area contributed by atoms with Gasteiger partial charge in [0, 0.05) is 4.47 Å². The van der Waals surface area contributed by atoms with Crippen molar-refractivity contribution >= 4 is 15.9 Å². The molecule has 0 saturated heterocycles. The van der Waals surface area contributed by atoms with Crippen LogP contribution < -0.4 is 0 Å². The average molecular weight is 265 g/mol. The predicted molar refractivity (Wildman–Crippen MR) is 54.6 cm³/mol. The normalized spacial score (nSPS) is 13.4. The Balaban J connectivity index is 3.12. The van der Waals surface area contributed by atoms with Gasteiger partial charge in [-0.2, -0.15) is 0 Å². The Bertz CT molecular complexity index is 316. The fourth-order valence-electron chi connectivity index (χ4n) is 1.30. The van der Waals surface area contributed by atoms with E-state index in [2.05, 4.69) is 15.9 Å². The van der Waals surface area contributed by atoms with Crippen LogP contribution in [0.2, 0.25) is 0 Å². The topological polar surface area (TPSA) is 20.2 Å². The van der Waals surface area contributed by atoms with E-state index < -0.39 is 12.5 Å². The first-order valence-corrected chi connectivity index (χ1v) is 4.95. The molecule has 0 fully saturated rings. The van der Waals surface area contributed by atoms with E-state index in [1.54, 1.807) is 26.0 Å². The van der Waals surface area contributed by atoms with Crippen LogP contribution in [0.5, 0.6) is 0 Å². The summed E-state index contributed by atoms with van der Waals surface area (Å²) in [5, 5.41) is 9.17. The number of hydrogen-bond acceptors (Lipinski definition) is 1. The molecule has 1 nitrogen and oxygen atoms in total. The van der Waals surface area contributed by atoms with Crippen LogP contribution in [0.4, 0.5) is 8.78 Å². The molecule has 1 aromatic carbocycles. The van der Waals surface area contributed by atoms with Crippen molar-refractivity contribution in [2.24, 2.45) is 0 Å². The summed E-state index contributed by atoms with van der Waals surface area (Å²) in [7, 11) is 0. The number of aliphatic hydroxyl groups is 1. The van der Waals surface area contributed by atoms with Crippen LogP contribution in [0.25, 0.3) is 0 Å². The van der Waals surface area contributed by atoms with E-state index >= 15 is 0 Å². The van der Waals surface area contributed by atoms with Crippen molar-refractivity contribution in [2.75, 3.05) is 0 Å². The van der Waals surface area contributed by atoms with Crippen LogP contribution in [0, 0.1) is 13.8 Å². The Kier molecular flexibility index (Phi) is 3.61. The SMILES string of the molecule is Cc1cc(C(O)C(F)F)cc(C)c1Br. The van der Waals surface area contributed by atoms with E-state index in [4.69, 9.17) is 0 Å². The number of alkyl halides is 2. The zero-order chi connectivity index (χ0) is 10.9. The molecule has 0 heterocycles. The van der Waals surface area contributed by atoms with Gasteiger partial charge >= 0.3 is 0 Å². The van der Waals surface area contributed by atoms with E-state index in [9.17, 15) is 13.9 Å². The molecule has 0 radical (unpaired) electrons. The van der Waals surface area contributed by atoms with E-state index in [-0.39, 0.29) is 5.56 Å². The van der Waals surface area contributed by atoms with Gasteiger partial charge in [0.15, 0.2) is 0 Å². The molecule has 0 saturated carbocycles. The Morgan fingerprint density at radius 1 is 1.21 bits per heavy atom. The number of benzene rings is 1. The van der Waals surface area contributed by atoms with Gasteiger partial charge in [-0.25, -0.2) is 8.78 Å². The quantitative estimate of drug-likeness (QED) is 0.869. The number of halogens is 3. The first-order valence-electron chi connectivity index (χ1n) is 4.16. The van der Waals surface area contributed by atoms with Gasteiger partial charge in [-0.05, 0) is 30.5 Å². The van der Waals surface area contributed by atoms with Crippen molar-refractivity contribution in [3.8, 4) is 0 Å². The van der Waals surface area contributed by atoms with Crippen molar-refractivity contribution in [1.82, 2.24) is 0 Å². The summed E-state index contributed by atoms with van der Waals surface area (Å²) in [6.45, 7) is 3.61. The first-order chi connectivity index (χ1) is 6.43. The minimum absolute atomic E-state index is 0.262. The van der Waals surface area contributed by atoms with Gasteiger partial charge in [-0.15, -0.1) is 0 Å². The highest BCUT2D eigenvalue weighted by Gasteiger charge is 2.20. The minimum atomic E-state index is -2.74. The Morgan fingerprint density at radius 2 is 1.64 bits per heavy atom. The van der Waals surface area contributed by atoms with Gasteiger partial charge in [0.2, 0.25) is 0 Å². The molecule has 4 heteroatoms. The van der Waals surface area contributed by atoms with Gasteiger partial charge in [-0.3, -0.25) is 0 Å². The van der Waals surface area contributed by atoms with Crippen molar-refractivity contribution in [2.45, 2.75) is 26.4 Å². The second-order valence-electron chi connectivity index (χ2n) is 3.25. The molecule has 1 rings (SSSR count). The minimum Gasteiger partial charge on any atom is -0.382 e. The Labute approximate surface area is 89.9 Å². The molecule has 0 aliphatic rings. The Hall–Kier alpha value is -0.480. The van der Waals surface area contributed by atoms with Crippen LogP contribution in [0.1, 0.15) is 22.8 Å². The number of rotatable bonds is 2. The maximum Gasteiger partial charge on any atom is 0.268 e. The van der Waals surface area contributed by atoms with Crippen molar-refractivity contribution in [1.29, 1.82) is 0 Å². The molecule has 1 aromatic rings. The highest BCUT2D eigenvalue weighted by molar-refractivity contribution is 9.10. The van der Waals surface area contributed by atoms with Crippen LogP contribution in [-0.2, 0) is 0 Å². The molecule has 78 valence electrons. The summed E-state index contributed by atoms with van der Waals surface area (Å²) >= 11 is 3.33. The van der Waals surface area contributed by atoms with Crippen LogP contribution in [0.3, 0.4) is 0 Å². The molecule has 14 heavy (non-hydrogen) atoms. The summed E-state index contributed by atoms with van der Waals surface area (Å²) in [6, 6.07) is 3.13. The Morgan fingerprint density at radius 3 is 2.00 bits per heavy atom. The van der Waals surface area contributed by atoms with Crippen molar-refractivity contribution in [3.05, 3.63) is 33.3 Å². The standard InChI is InChI=1S/C10H11BrF2O/c1-5-3-7(9(14)10(12)13)4-6(2)8(5)11/h3-4,9-10,14H,1-2H3. The molecule has 1 N–H and O–H groups in total. The molecule has 0 aliphatic carbocycles. The van der Waals surface area contributed by atoms with Crippen LogP contribution >= 0.6 is 15.9 Å². The molecule has 0 amide bonds. The van der Waals surface area contributed by atoms with Crippen molar-refractivity contribution in [3.63, 3.8) is 0 Å². The van der Waals surface area contributed by atoms with Gasteiger partial charge in [0.05, 0.1) is 0 Å². The second kappa shape index (κ2) is 4.36. The maximum atomic E-state index is 12.2. The third-order valence-corrected chi connectivity index (χ3v) is 3.29. The van der Waals surface area contributed by atoms with E-state index in [0.717, 1.165) is 15.6 Å².